The van der Waals surface area contributed by atoms with Gasteiger partial charge in [0.2, 0.25) is 5.91 Å². The molecule has 1 atom stereocenters. The van der Waals surface area contributed by atoms with E-state index in [4.69, 9.17) is 4.74 Å². The first-order valence-electron chi connectivity index (χ1n) is 7.30. The zero-order valence-corrected chi connectivity index (χ0v) is 12.5. The Morgan fingerprint density at radius 3 is 3.09 bits per heavy atom. The highest BCUT2D eigenvalue weighted by Crippen LogP contribution is 2.19. The van der Waals surface area contributed by atoms with Gasteiger partial charge in [-0.1, -0.05) is 6.07 Å². The number of ether oxygens (including phenoxy) is 1. The Hall–Kier alpha value is -2.34. The number of morpholine rings is 1. The highest BCUT2D eigenvalue weighted by molar-refractivity contribution is 5.78. The fourth-order valence-electron chi connectivity index (χ4n) is 2.44. The Balaban J connectivity index is 1.66. The summed E-state index contributed by atoms with van der Waals surface area (Å²) in [6.45, 7) is 3.50. The third kappa shape index (κ3) is 3.46. The van der Waals surface area contributed by atoms with Crippen molar-refractivity contribution in [2.75, 3.05) is 19.7 Å². The van der Waals surface area contributed by atoms with Gasteiger partial charge in [-0.05, 0) is 24.6 Å². The minimum Gasteiger partial charge on any atom is -0.367 e. The summed E-state index contributed by atoms with van der Waals surface area (Å²) in [5.41, 5.74) is 1.81. The molecule has 1 amide bonds. The van der Waals surface area contributed by atoms with E-state index in [1.807, 2.05) is 30.0 Å². The molecule has 0 aliphatic carbocycles. The molecule has 114 valence electrons. The largest absolute Gasteiger partial charge is 0.367 e. The van der Waals surface area contributed by atoms with Crippen LogP contribution < -0.4 is 0 Å². The van der Waals surface area contributed by atoms with Gasteiger partial charge in [0.1, 0.15) is 6.10 Å². The van der Waals surface area contributed by atoms with Crippen LogP contribution in [-0.4, -0.2) is 45.5 Å². The summed E-state index contributed by atoms with van der Waals surface area (Å²) in [7, 11) is 0. The Bertz CT molecular complexity index is 648. The molecule has 0 bridgehead atoms. The number of carbonyl (C=O) groups is 1. The van der Waals surface area contributed by atoms with Crippen LogP contribution in [-0.2, 0) is 16.0 Å². The highest BCUT2D eigenvalue weighted by atomic mass is 16.5. The number of hydrogen-bond donors (Lipinski definition) is 0. The van der Waals surface area contributed by atoms with Gasteiger partial charge in [0.15, 0.2) is 5.82 Å². The molecule has 2 aromatic heterocycles. The molecule has 1 fully saturated rings. The molecule has 1 saturated heterocycles. The third-order valence-corrected chi connectivity index (χ3v) is 3.60. The molecule has 3 rings (SSSR count). The highest BCUT2D eigenvalue weighted by Gasteiger charge is 2.27. The van der Waals surface area contributed by atoms with E-state index in [9.17, 15) is 4.79 Å². The molecule has 3 heterocycles. The second kappa shape index (κ2) is 6.62. The lowest BCUT2D eigenvalue weighted by atomic mass is 10.1. The maximum absolute atomic E-state index is 12.4. The van der Waals surface area contributed by atoms with E-state index in [1.165, 1.54) is 0 Å². The van der Waals surface area contributed by atoms with Gasteiger partial charge in [0.05, 0.1) is 19.6 Å². The van der Waals surface area contributed by atoms with Gasteiger partial charge in [-0.3, -0.25) is 9.78 Å². The summed E-state index contributed by atoms with van der Waals surface area (Å²) in [5.74, 6) is 0.716. The molecule has 0 N–H and O–H groups in total. The molecule has 1 aliphatic heterocycles. The topological polar surface area (TPSA) is 68.2 Å². The van der Waals surface area contributed by atoms with E-state index in [-0.39, 0.29) is 12.0 Å². The van der Waals surface area contributed by atoms with Crippen LogP contribution >= 0.6 is 0 Å². The van der Waals surface area contributed by atoms with Crippen LogP contribution in [0.15, 0.2) is 36.8 Å². The summed E-state index contributed by atoms with van der Waals surface area (Å²) in [6.07, 6.45) is 5.24. The molecular weight excluding hydrogens is 280 g/mol. The molecule has 2 aromatic rings. The summed E-state index contributed by atoms with van der Waals surface area (Å²) < 4.78 is 5.72. The molecule has 0 unspecified atom stereocenters. The number of amides is 1. The second-order valence-electron chi connectivity index (χ2n) is 5.29. The molecular formula is C16H18N4O2. The predicted octanol–water partition coefficient (Wildman–Crippen LogP) is 1.32. The first kappa shape index (κ1) is 14.6. The molecule has 0 aromatic carbocycles. The van der Waals surface area contributed by atoms with Gasteiger partial charge >= 0.3 is 0 Å². The Morgan fingerprint density at radius 2 is 2.32 bits per heavy atom. The number of carbonyl (C=O) groups excluding carboxylic acids is 1. The lowest BCUT2D eigenvalue weighted by Gasteiger charge is -2.32. The first-order valence-corrected chi connectivity index (χ1v) is 7.30. The Labute approximate surface area is 129 Å². The summed E-state index contributed by atoms with van der Waals surface area (Å²) >= 11 is 0. The fourth-order valence-corrected chi connectivity index (χ4v) is 2.44. The number of pyridine rings is 1. The van der Waals surface area contributed by atoms with Crippen molar-refractivity contribution in [3.8, 4) is 0 Å². The quantitative estimate of drug-likeness (QED) is 0.855. The van der Waals surface area contributed by atoms with E-state index >= 15 is 0 Å². The van der Waals surface area contributed by atoms with Gasteiger partial charge in [0.25, 0.3) is 0 Å². The van der Waals surface area contributed by atoms with Crippen molar-refractivity contribution in [2.24, 2.45) is 0 Å². The van der Waals surface area contributed by atoms with Crippen LogP contribution in [0.4, 0.5) is 0 Å². The maximum Gasteiger partial charge on any atom is 0.227 e. The Kier molecular flexibility index (Phi) is 4.39. The van der Waals surface area contributed by atoms with Crippen LogP contribution in [0.25, 0.3) is 0 Å². The van der Waals surface area contributed by atoms with Crippen LogP contribution in [0.5, 0.6) is 0 Å². The predicted molar refractivity (Wildman–Crippen MR) is 80.0 cm³/mol. The smallest absolute Gasteiger partial charge is 0.227 e. The number of aryl methyl sites for hydroxylation is 1. The van der Waals surface area contributed by atoms with Crippen molar-refractivity contribution >= 4 is 5.91 Å². The van der Waals surface area contributed by atoms with Crippen LogP contribution in [0, 0.1) is 6.92 Å². The standard InChI is InChI=1S/C16H18N4O2/c1-12-4-6-18-16(19-12)14-11-20(7-8-22-14)15(21)9-13-3-2-5-17-10-13/h2-6,10,14H,7-9,11H2,1H3/t14-/m0/s1. The van der Waals surface area contributed by atoms with Gasteiger partial charge in [0, 0.05) is 30.8 Å². The molecule has 6 heteroatoms. The van der Waals surface area contributed by atoms with Gasteiger partial charge in [-0.2, -0.15) is 0 Å². The third-order valence-electron chi connectivity index (χ3n) is 3.60. The molecule has 0 saturated carbocycles. The minimum absolute atomic E-state index is 0.0777. The van der Waals surface area contributed by atoms with Crippen molar-refractivity contribution in [3.05, 3.63) is 53.9 Å². The van der Waals surface area contributed by atoms with Gasteiger partial charge < -0.3 is 9.64 Å². The molecule has 22 heavy (non-hydrogen) atoms. The molecule has 1 aliphatic rings. The second-order valence-corrected chi connectivity index (χ2v) is 5.29. The fraction of sp³-hybridized carbons (Fsp3) is 0.375. The lowest BCUT2D eigenvalue weighted by Crippen LogP contribution is -2.43. The number of aromatic nitrogens is 3. The molecule has 6 nitrogen and oxygen atoms in total. The minimum atomic E-state index is -0.258. The lowest BCUT2D eigenvalue weighted by molar-refractivity contribution is -0.138. The summed E-state index contributed by atoms with van der Waals surface area (Å²) in [4.78, 5) is 26.9. The molecule has 0 spiro atoms. The van der Waals surface area contributed by atoms with Crippen molar-refractivity contribution in [3.63, 3.8) is 0 Å². The van der Waals surface area contributed by atoms with E-state index in [0.717, 1.165) is 11.3 Å². The zero-order valence-electron chi connectivity index (χ0n) is 12.5. The van der Waals surface area contributed by atoms with Crippen LogP contribution in [0.2, 0.25) is 0 Å². The van der Waals surface area contributed by atoms with Gasteiger partial charge in [-0.25, -0.2) is 9.97 Å². The average molecular weight is 298 g/mol. The van der Waals surface area contributed by atoms with Crippen molar-refractivity contribution in [2.45, 2.75) is 19.4 Å². The zero-order chi connectivity index (χ0) is 15.4. The van der Waals surface area contributed by atoms with Gasteiger partial charge in [-0.15, -0.1) is 0 Å². The summed E-state index contributed by atoms with van der Waals surface area (Å²) in [6, 6.07) is 5.59. The number of nitrogens with zero attached hydrogens (tertiary/aromatic N) is 4. The molecule has 0 radical (unpaired) electrons. The first-order chi connectivity index (χ1) is 10.7. The van der Waals surface area contributed by atoms with E-state index in [1.54, 1.807) is 18.6 Å². The van der Waals surface area contributed by atoms with E-state index in [0.29, 0.717) is 31.9 Å². The normalized spacial score (nSPS) is 18.2. The average Bonchev–Trinajstić information content (AvgIpc) is 2.56. The van der Waals surface area contributed by atoms with Crippen molar-refractivity contribution < 1.29 is 9.53 Å². The van der Waals surface area contributed by atoms with Crippen molar-refractivity contribution in [1.82, 2.24) is 19.9 Å². The Morgan fingerprint density at radius 1 is 1.41 bits per heavy atom. The van der Waals surface area contributed by atoms with Crippen molar-refractivity contribution in [1.29, 1.82) is 0 Å². The van der Waals surface area contributed by atoms with E-state index < -0.39 is 0 Å². The maximum atomic E-state index is 12.4. The van der Waals surface area contributed by atoms with Crippen LogP contribution in [0.1, 0.15) is 23.2 Å². The number of rotatable bonds is 3. The summed E-state index contributed by atoms with van der Waals surface area (Å²) in [5, 5.41) is 0. The van der Waals surface area contributed by atoms with E-state index in [2.05, 4.69) is 15.0 Å². The number of hydrogen-bond acceptors (Lipinski definition) is 5. The monoisotopic (exact) mass is 298 g/mol. The SMILES string of the molecule is Cc1ccnc([C@@H]2CN(C(=O)Cc3cccnc3)CCO2)n1. The van der Waals surface area contributed by atoms with Crippen LogP contribution in [0.3, 0.4) is 0 Å².